The Bertz CT molecular complexity index is 1650. The Hall–Kier alpha value is -4.03. The molecule has 1 aliphatic rings. The summed E-state index contributed by atoms with van der Waals surface area (Å²) in [6.07, 6.45) is -3.37. The van der Waals surface area contributed by atoms with Crippen LogP contribution in [0.1, 0.15) is 44.3 Å². The summed E-state index contributed by atoms with van der Waals surface area (Å²) in [6.45, 7) is 2.18. The molecule has 0 aliphatic carbocycles. The molecular formula is C25H16ClF5N4O3. The lowest BCUT2D eigenvalue weighted by Crippen LogP contribution is -2.41. The van der Waals surface area contributed by atoms with Crippen LogP contribution in [-0.2, 0) is 18.4 Å². The molecule has 4 aromatic rings. The van der Waals surface area contributed by atoms with Crippen LogP contribution in [0.2, 0.25) is 5.02 Å². The maximum absolute atomic E-state index is 14.2. The van der Waals surface area contributed by atoms with Gasteiger partial charge in [0.15, 0.2) is 5.72 Å². The van der Waals surface area contributed by atoms with Crippen LogP contribution in [0.15, 0.2) is 48.7 Å². The molecule has 5 rings (SSSR count). The number of aromatic nitrogens is 2. The Morgan fingerprint density at radius 1 is 1.16 bits per heavy atom. The van der Waals surface area contributed by atoms with Gasteiger partial charge in [-0.25, -0.2) is 8.78 Å². The summed E-state index contributed by atoms with van der Waals surface area (Å²) in [7, 11) is 0. The first kappa shape index (κ1) is 25.6. The van der Waals surface area contributed by atoms with E-state index in [2.05, 4.69) is 15.7 Å². The molecule has 7 nitrogen and oxygen atoms in total. The van der Waals surface area contributed by atoms with Crippen LogP contribution in [0.25, 0.3) is 10.9 Å². The molecule has 0 bridgehead atoms. The molecule has 3 N–H and O–H groups in total. The Kier molecular flexibility index (Phi) is 5.91. The fraction of sp³-hybridized carbons (Fsp3) is 0.160. The molecule has 3 aromatic carbocycles. The summed E-state index contributed by atoms with van der Waals surface area (Å²) in [4.78, 5) is 26.2. The number of amides is 2. The van der Waals surface area contributed by atoms with Gasteiger partial charge in [0.05, 0.1) is 16.8 Å². The number of halogens is 6. The molecule has 13 heteroatoms. The molecule has 2 amide bonds. The number of hydrogen-bond acceptors (Lipinski definition) is 4. The highest BCUT2D eigenvalue weighted by atomic mass is 35.5. The maximum atomic E-state index is 14.2. The summed E-state index contributed by atoms with van der Waals surface area (Å²) in [6, 6.07) is 5.73. The third-order valence-electron chi connectivity index (χ3n) is 6.11. The number of anilines is 1. The lowest BCUT2D eigenvalue weighted by Gasteiger charge is -2.27. The fourth-order valence-corrected chi connectivity index (χ4v) is 4.67. The predicted octanol–water partition coefficient (Wildman–Crippen LogP) is 5.20. The van der Waals surface area contributed by atoms with Crippen molar-refractivity contribution in [3.05, 3.63) is 93.1 Å². The van der Waals surface area contributed by atoms with Gasteiger partial charge in [-0.3, -0.25) is 14.3 Å². The van der Waals surface area contributed by atoms with Crippen molar-refractivity contribution in [2.75, 3.05) is 5.32 Å². The largest absolute Gasteiger partial charge is 0.416 e. The number of fused-ring (bicyclic) bond motifs is 3. The van der Waals surface area contributed by atoms with Crippen molar-refractivity contribution in [3.8, 4) is 0 Å². The van der Waals surface area contributed by atoms with Gasteiger partial charge < -0.3 is 15.7 Å². The van der Waals surface area contributed by atoms with Gasteiger partial charge in [0.1, 0.15) is 17.2 Å². The summed E-state index contributed by atoms with van der Waals surface area (Å²) in [5.74, 6) is -4.07. The second-order valence-corrected chi connectivity index (χ2v) is 8.97. The molecule has 0 radical (unpaired) electrons. The average Bonchev–Trinajstić information content (AvgIpc) is 3.38. The number of benzene rings is 3. The number of rotatable bonds is 4. The molecule has 0 spiro atoms. The molecule has 1 atom stereocenters. The van der Waals surface area contributed by atoms with Crippen molar-refractivity contribution in [2.24, 2.45) is 0 Å². The Labute approximate surface area is 215 Å². The second kappa shape index (κ2) is 8.77. The fourth-order valence-electron chi connectivity index (χ4n) is 4.42. The summed E-state index contributed by atoms with van der Waals surface area (Å²) in [5, 5.41) is 21.0. The molecule has 1 aliphatic heterocycles. The SMILES string of the molecule is CCn1cc2cc(NC(=O)c3cc(F)cc(C(F)(F)F)c3)c3c(c2n1)C(=O)NC3(O)c1cc(F)ccc1Cl. The third kappa shape index (κ3) is 4.15. The topological polar surface area (TPSA) is 96.2 Å². The Morgan fingerprint density at radius 3 is 2.58 bits per heavy atom. The van der Waals surface area contributed by atoms with Crippen molar-refractivity contribution < 1.29 is 36.6 Å². The van der Waals surface area contributed by atoms with E-state index in [0.717, 1.165) is 18.2 Å². The van der Waals surface area contributed by atoms with Crippen molar-refractivity contribution in [2.45, 2.75) is 25.4 Å². The van der Waals surface area contributed by atoms with E-state index in [1.165, 1.54) is 10.7 Å². The quantitative estimate of drug-likeness (QED) is 0.305. The summed E-state index contributed by atoms with van der Waals surface area (Å²) < 4.78 is 69.2. The minimum atomic E-state index is -4.92. The lowest BCUT2D eigenvalue weighted by atomic mass is 9.91. The van der Waals surface area contributed by atoms with Crippen molar-refractivity contribution in [1.82, 2.24) is 15.1 Å². The number of carbonyl (C=O) groups is 2. The first-order valence-electron chi connectivity index (χ1n) is 11.1. The van der Waals surface area contributed by atoms with E-state index >= 15 is 0 Å². The average molecular weight is 551 g/mol. The van der Waals surface area contributed by atoms with Gasteiger partial charge >= 0.3 is 6.18 Å². The van der Waals surface area contributed by atoms with Gasteiger partial charge in [0.25, 0.3) is 11.8 Å². The van der Waals surface area contributed by atoms with Crippen LogP contribution in [0.4, 0.5) is 27.6 Å². The molecule has 0 saturated carbocycles. The molecular weight excluding hydrogens is 535 g/mol. The van der Waals surface area contributed by atoms with E-state index in [4.69, 9.17) is 11.6 Å². The number of carbonyl (C=O) groups excluding carboxylic acids is 2. The van der Waals surface area contributed by atoms with Crippen LogP contribution in [-0.4, -0.2) is 26.7 Å². The normalized spacial score (nSPS) is 17.0. The smallest absolute Gasteiger partial charge is 0.363 e. The van der Waals surface area contributed by atoms with Crippen molar-refractivity contribution >= 4 is 40.0 Å². The van der Waals surface area contributed by atoms with Gasteiger partial charge in [0, 0.05) is 39.8 Å². The maximum Gasteiger partial charge on any atom is 0.416 e. The number of alkyl halides is 3. The van der Waals surface area contributed by atoms with E-state index in [1.807, 2.05) is 0 Å². The van der Waals surface area contributed by atoms with Crippen molar-refractivity contribution in [3.63, 3.8) is 0 Å². The highest BCUT2D eigenvalue weighted by Crippen LogP contribution is 2.45. The molecule has 0 fully saturated rings. The molecule has 1 unspecified atom stereocenters. The van der Waals surface area contributed by atoms with Crippen LogP contribution >= 0.6 is 11.6 Å². The van der Waals surface area contributed by atoms with Gasteiger partial charge in [-0.05, 0) is 49.4 Å². The van der Waals surface area contributed by atoms with Gasteiger partial charge in [-0.15, -0.1) is 0 Å². The zero-order valence-electron chi connectivity index (χ0n) is 19.3. The van der Waals surface area contributed by atoms with Crippen LogP contribution in [0.5, 0.6) is 0 Å². The summed E-state index contributed by atoms with van der Waals surface area (Å²) >= 11 is 6.22. The van der Waals surface area contributed by atoms with E-state index in [0.29, 0.717) is 24.1 Å². The minimum absolute atomic E-state index is 0.126. The van der Waals surface area contributed by atoms with Gasteiger partial charge in [0.2, 0.25) is 0 Å². The van der Waals surface area contributed by atoms with Gasteiger partial charge in [-0.2, -0.15) is 18.3 Å². The van der Waals surface area contributed by atoms with E-state index in [-0.39, 0.29) is 39.0 Å². The molecule has 1 aromatic heterocycles. The first-order valence-corrected chi connectivity index (χ1v) is 11.4. The number of hydrogen-bond donors (Lipinski definition) is 3. The predicted molar refractivity (Wildman–Crippen MR) is 127 cm³/mol. The lowest BCUT2D eigenvalue weighted by molar-refractivity contribution is -0.137. The zero-order chi connectivity index (χ0) is 27.6. The monoisotopic (exact) mass is 550 g/mol. The highest BCUT2D eigenvalue weighted by Gasteiger charge is 2.48. The Morgan fingerprint density at radius 2 is 1.89 bits per heavy atom. The molecule has 0 saturated heterocycles. The van der Waals surface area contributed by atoms with Crippen LogP contribution in [0, 0.1) is 11.6 Å². The number of aliphatic hydroxyl groups is 1. The van der Waals surface area contributed by atoms with Gasteiger partial charge in [-0.1, -0.05) is 11.6 Å². The van der Waals surface area contributed by atoms with E-state index in [1.54, 1.807) is 13.1 Å². The van der Waals surface area contributed by atoms with Crippen LogP contribution in [0.3, 0.4) is 0 Å². The van der Waals surface area contributed by atoms with Crippen molar-refractivity contribution in [1.29, 1.82) is 0 Å². The zero-order valence-corrected chi connectivity index (χ0v) is 20.0. The standard InChI is InChI=1S/C25H16ClF5N4O3/c1-2-35-10-12-7-18(32-22(36)11-5-13(25(29,30)31)8-15(28)6-11)20-19(21(12)34-35)23(37)33-24(20,38)16-9-14(27)3-4-17(16)26/h3-10,38H,2H2,1H3,(H,32,36)(H,33,37). The van der Waals surface area contributed by atoms with E-state index in [9.17, 15) is 36.6 Å². The van der Waals surface area contributed by atoms with Crippen LogP contribution < -0.4 is 10.6 Å². The van der Waals surface area contributed by atoms with E-state index < -0.39 is 46.5 Å². The number of nitrogens with zero attached hydrogens (tertiary/aromatic N) is 2. The third-order valence-corrected chi connectivity index (χ3v) is 6.44. The second-order valence-electron chi connectivity index (χ2n) is 8.57. The molecule has 196 valence electrons. The first-order chi connectivity index (χ1) is 17.8. The summed E-state index contributed by atoms with van der Waals surface area (Å²) in [5.41, 5.74) is -5.27. The highest BCUT2D eigenvalue weighted by molar-refractivity contribution is 6.31. The number of nitrogens with one attached hydrogen (secondary N) is 2. The minimum Gasteiger partial charge on any atom is -0.363 e. The Balaban J connectivity index is 1.72. The molecule has 38 heavy (non-hydrogen) atoms. The number of aryl methyl sites for hydroxylation is 1. The molecule has 2 heterocycles.